The summed E-state index contributed by atoms with van der Waals surface area (Å²) in [5.41, 5.74) is 0. The molecule has 5 nitrogen and oxygen atoms in total. The number of rotatable bonds is 7. The third kappa shape index (κ3) is 3.74. The molecule has 1 aliphatic rings. The van der Waals surface area contributed by atoms with Gasteiger partial charge in [-0.15, -0.1) is 0 Å². The molecule has 100 valence electrons. The van der Waals surface area contributed by atoms with Crippen LogP contribution in [0.1, 0.15) is 20.3 Å². The van der Waals surface area contributed by atoms with E-state index in [-0.39, 0.29) is 37.1 Å². The highest BCUT2D eigenvalue weighted by Gasteiger charge is 2.45. The van der Waals surface area contributed by atoms with Crippen LogP contribution in [0.3, 0.4) is 0 Å². The van der Waals surface area contributed by atoms with Gasteiger partial charge in [-0.25, -0.2) is 0 Å². The second kappa shape index (κ2) is 7.06. The molecule has 0 amide bonds. The van der Waals surface area contributed by atoms with Crippen molar-refractivity contribution in [2.75, 3.05) is 20.3 Å². The maximum atomic E-state index is 9.01. The summed E-state index contributed by atoms with van der Waals surface area (Å²) in [6, 6.07) is 0. The Morgan fingerprint density at radius 3 is 2.53 bits per heavy atom. The van der Waals surface area contributed by atoms with Crippen LogP contribution in [0.25, 0.3) is 0 Å². The van der Waals surface area contributed by atoms with Crippen LogP contribution in [-0.2, 0) is 14.2 Å². The molecule has 0 spiro atoms. The molecule has 0 unspecified atom stereocenters. The SMILES string of the molecule is C=NC[C@H]1O[C@@H](CCO)[C@H](OC)[C@@H]1OC(C)C. The van der Waals surface area contributed by atoms with Gasteiger partial charge in [0.2, 0.25) is 0 Å². The Labute approximate surface area is 103 Å². The van der Waals surface area contributed by atoms with Gasteiger partial charge in [-0.2, -0.15) is 0 Å². The van der Waals surface area contributed by atoms with E-state index in [0.29, 0.717) is 13.0 Å². The summed E-state index contributed by atoms with van der Waals surface area (Å²) >= 11 is 0. The maximum absolute atomic E-state index is 9.01. The van der Waals surface area contributed by atoms with E-state index < -0.39 is 0 Å². The molecule has 0 radical (unpaired) electrons. The van der Waals surface area contributed by atoms with E-state index in [1.54, 1.807) is 7.11 Å². The second-order valence-corrected chi connectivity index (χ2v) is 4.48. The molecule has 5 heteroatoms. The number of aliphatic hydroxyl groups excluding tert-OH is 1. The summed E-state index contributed by atoms with van der Waals surface area (Å²) in [6.45, 7) is 8.00. The molecular formula is C12H23NO4. The Hall–Kier alpha value is -0.490. The number of aliphatic hydroxyl groups is 1. The molecule has 0 aromatic rings. The van der Waals surface area contributed by atoms with E-state index in [1.165, 1.54) is 0 Å². The molecule has 0 aromatic heterocycles. The molecule has 0 saturated carbocycles. The van der Waals surface area contributed by atoms with Crippen molar-refractivity contribution in [2.45, 2.75) is 50.8 Å². The first-order chi connectivity index (χ1) is 8.13. The molecule has 0 bridgehead atoms. The number of hydrogen-bond acceptors (Lipinski definition) is 5. The van der Waals surface area contributed by atoms with Gasteiger partial charge >= 0.3 is 0 Å². The van der Waals surface area contributed by atoms with E-state index in [2.05, 4.69) is 11.7 Å². The van der Waals surface area contributed by atoms with Gasteiger partial charge in [-0.3, -0.25) is 4.99 Å². The van der Waals surface area contributed by atoms with Gasteiger partial charge in [0.25, 0.3) is 0 Å². The topological polar surface area (TPSA) is 60.3 Å². The van der Waals surface area contributed by atoms with E-state index in [4.69, 9.17) is 19.3 Å². The Kier molecular flexibility index (Phi) is 6.05. The van der Waals surface area contributed by atoms with E-state index in [9.17, 15) is 0 Å². The fourth-order valence-corrected chi connectivity index (χ4v) is 2.20. The molecule has 1 aliphatic heterocycles. The average Bonchev–Trinajstić information content (AvgIpc) is 2.57. The van der Waals surface area contributed by atoms with Crippen molar-refractivity contribution in [2.24, 2.45) is 4.99 Å². The minimum Gasteiger partial charge on any atom is -0.396 e. The van der Waals surface area contributed by atoms with Gasteiger partial charge < -0.3 is 19.3 Å². The van der Waals surface area contributed by atoms with Gasteiger partial charge in [0.05, 0.1) is 18.8 Å². The van der Waals surface area contributed by atoms with Crippen molar-refractivity contribution >= 4 is 6.72 Å². The van der Waals surface area contributed by atoms with Gasteiger partial charge in [0, 0.05) is 13.7 Å². The average molecular weight is 245 g/mol. The summed E-state index contributed by atoms with van der Waals surface area (Å²) in [7, 11) is 1.64. The third-order valence-corrected chi connectivity index (χ3v) is 2.83. The molecular weight excluding hydrogens is 222 g/mol. The number of aliphatic imine (C=N–C) groups is 1. The lowest BCUT2D eigenvalue weighted by atomic mass is 10.1. The highest BCUT2D eigenvalue weighted by atomic mass is 16.6. The van der Waals surface area contributed by atoms with Crippen molar-refractivity contribution in [3.63, 3.8) is 0 Å². The van der Waals surface area contributed by atoms with Crippen molar-refractivity contribution in [1.29, 1.82) is 0 Å². The van der Waals surface area contributed by atoms with E-state index in [0.717, 1.165) is 0 Å². The van der Waals surface area contributed by atoms with Gasteiger partial charge in [-0.05, 0) is 27.0 Å². The molecule has 1 fully saturated rings. The van der Waals surface area contributed by atoms with Gasteiger partial charge in [-0.1, -0.05) is 0 Å². The minimum absolute atomic E-state index is 0.0766. The van der Waals surface area contributed by atoms with Crippen LogP contribution >= 0.6 is 0 Å². The number of methoxy groups -OCH3 is 1. The smallest absolute Gasteiger partial charge is 0.114 e. The van der Waals surface area contributed by atoms with Crippen molar-refractivity contribution in [1.82, 2.24) is 0 Å². The van der Waals surface area contributed by atoms with Gasteiger partial charge in [0.15, 0.2) is 0 Å². The Morgan fingerprint density at radius 1 is 1.35 bits per heavy atom. The zero-order valence-electron chi connectivity index (χ0n) is 10.8. The predicted octanol–water partition coefficient (Wildman–Crippen LogP) is 0.645. The highest BCUT2D eigenvalue weighted by molar-refractivity contribution is 5.23. The van der Waals surface area contributed by atoms with Crippen molar-refractivity contribution in [3.05, 3.63) is 0 Å². The fraction of sp³-hybridized carbons (Fsp3) is 0.917. The molecule has 1 rings (SSSR count). The lowest BCUT2D eigenvalue weighted by Gasteiger charge is -2.24. The second-order valence-electron chi connectivity index (χ2n) is 4.48. The molecule has 1 N–H and O–H groups in total. The van der Waals surface area contributed by atoms with Crippen LogP contribution in [0.2, 0.25) is 0 Å². The highest BCUT2D eigenvalue weighted by Crippen LogP contribution is 2.29. The number of hydrogen-bond donors (Lipinski definition) is 1. The first-order valence-electron chi connectivity index (χ1n) is 6.01. The Morgan fingerprint density at radius 2 is 2.06 bits per heavy atom. The molecule has 0 aliphatic carbocycles. The molecule has 0 aromatic carbocycles. The van der Waals surface area contributed by atoms with Crippen LogP contribution in [-0.4, -0.2) is 62.6 Å². The maximum Gasteiger partial charge on any atom is 0.114 e. The zero-order chi connectivity index (χ0) is 12.8. The lowest BCUT2D eigenvalue weighted by Crippen LogP contribution is -2.39. The Balaban J connectivity index is 2.73. The van der Waals surface area contributed by atoms with E-state index in [1.807, 2.05) is 13.8 Å². The summed E-state index contributed by atoms with van der Waals surface area (Å²) in [4.78, 5) is 3.87. The summed E-state index contributed by atoms with van der Waals surface area (Å²) in [5, 5.41) is 9.01. The summed E-state index contributed by atoms with van der Waals surface area (Å²) in [6.07, 6.45) is 0.0566. The first kappa shape index (κ1) is 14.6. The largest absolute Gasteiger partial charge is 0.396 e. The van der Waals surface area contributed by atoms with Crippen molar-refractivity contribution < 1.29 is 19.3 Å². The predicted molar refractivity (Wildman–Crippen MR) is 65.6 cm³/mol. The third-order valence-electron chi connectivity index (χ3n) is 2.83. The van der Waals surface area contributed by atoms with Crippen LogP contribution in [0.5, 0.6) is 0 Å². The quantitative estimate of drug-likeness (QED) is 0.669. The van der Waals surface area contributed by atoms with Crippen LogP contribution in [0, 0.1) is 0 Å². The minimum atomic E-state index is -0.156. The number of nitrogens with zero attached hydrogens (tertiary/aromatic N) is 1. The standard InChI is InChI=1S/C12H23NO4/c1-8(2)16-12-10(7-13-3)17-9(5-6-14)11(12)15-4/h8-12,14H,3,5-7H2,1-2,4H3/t9-,10+,11-,12+/m0/s1. The summed E-state index contributed by atoms with van der Waals surface area (Å²) in [5.74, 6) is 0. The zero-order valence-corrected chi connectivity index (χ0v) is 10.8. The lowest BCUT2D eigenvalue weighted by molar-refractivity contribution is -0.0744. The van der Waals surface area contributed by atoms with E-state index >= 15 is 0 Å². The first-order valence-corrected chi connectivity index (χ1v) is 6.01. The van der Waals surface area contributed by atoms with Crippen LogP contribution in [0.15, 0.2) is 4.99 Å². The number of ether oxygens (including phenoxy) is 3. The summed E-state index contributed by atoms with van der Waals surface area (Å²) < 4.78 is 17.1. The normalized spacial score (nSPS) is 33.2. The molecule has 1 heterocycles. The van der Waals surface area contributed by atoms with Crippen LogP contribution in [0.4, 0.5) is 0 Å². The molecule has 4 atom stereocenters. The van der Waals surface area contributed by atoms with Crippen LogP contribution < -0.4 is 0 Å². The van der Waals surface area contributed by atoms with Crippen molar-refractivity contribution in [3.8, 4) is 0 Å². The molecule has 17 heavy (non-hydrogen) atoms. The Bertz CT molecular complexity index is 235. The monoisotopic (exact) mass is 245 g/mol. The molecule has 1 saturated heterocycles. The fourth-order valence-electron chi connectivity index (χ4n) is 2.20. The van der Waals surface area contributed by atoms with Gasteiger partial charge in [0.1, 0.15) is 18.3 Å².